The van der Waals surface area contributed by atoms with Crippen molar-refractivity contribution in [2.24, 2.45) is 0 Å². The molecule has 0 fully saturated rings. The summed E-state index contributed by atoms with van der Waals surface area (Å²) in [5, 5.41) is 4.86. The van der Waals surface area contributed by atoms with Crippen molar-refractivity contribution in [1.29, 1.82) is 0 Å². The van der Waals surface area contributed by atoms with Crippen molar-refractivity contribution in [1.82, 2.24) is 10.2 Å². The first-order chi connectivity index (χ1) is 13.2. The van der Waals surface area contributed by atoms with Crippen LogP contribution in [0, 0.1) is 0 Å². The Balaban J connectivity index is 1.49. The SMILES string of the molecule is O=C(NCCCC(=O)N(Cc1ccco1)Cc1cccs1)c1ccccc1. The molecule has 0 radical (unpaired) electrons. The lowest BCUT2D eigenvalue weighted by Crippen LogP contribution is -2.31. The van der Waals surface area contributed by atoms with Crippen LogP contribution >= 0.6 is 11.3 Å². The summed E-state index contributed by atoms with van der Waals surface area (Å²) in [5.41, 5.74) is 0.626. The summed E-state index contributed by atoms with van der Waals surface area (Å²) < 4.78 is 5.39. The molecular formula is C21H22N2O3S. The number of furan rings is 1. The van der Waals surface area contributed by atoms with Crippen molar-refractivity contribution in [2.75, 3.05) is 6.54 Å². The molecule has 3 aromatic rings. The van der Waals surface area contributed by atoms with Crippen molar-refractivity contribution < 1.29 is 14.0 Å². The van der Waals surface area contributed by atoms with Crippen LogP contribution in [0.2, 0.25) is 0 Å². The third-order valence-corrected chi connectivity index (χ3v) is 4.96. The summed E-state index contributed by atoms with van der Waals surface area (Å²) in [6.07, 6.45) is 2.58. The predicted molar refractivity (Wildman–Crippen MR) is 105 cm³/mol. The number of hydrogen-bond acceptors (Lipinski definition) is 4. The quantitative estimate of drug-likeness (QED) is 0.567. The van der Waals surface area contributed by atoms with Gasteiger partial charge in [0, 0.05) is 23.4 Å². The Morgan fingerprint density at radius 2 is 1.85 bits per heavy atom. The second-order valence-corrected chi connectivity index (χ2v) is 7.17. The summed E-state index contributed by atoms with van der Waals surface area (Å²) in [7, 11) is 0. The van der Waals surface area contributed by atoms with E-state index < -0.39 is 0 Å². The lowest BCUT2D eigenvalue weighted by Gasteiger charge is -2.21. The van der Waals surface area contributed by atoms with Crippen molar-refractivity contribution in [3.63, 3.8) is 0 Å². The van der Waals surface area contributed by atoms with E-state index in [1.807, 2.05) is 47.8 Å². The molecular weight excluding hydrogens is 360 g/mol. The van der Waals surface area contributed by atoms with E-state index in [9.17, 15) is 9.59 Å². The summed E-state index contributed by atoms with van der Waals surface area (Å²) in [6.45, 7) is 1.47. The molecule has 5 nitrogen and oxygen atoms in total. The third kappa shape index (κ3) is 5.82. The van der Waals surface area contributed by atoms with Gasteiger partial charge < -0.3 is 14.6 Å². The highest BCUT2D eigenvalue weighted by atomic mass is 32.1. The van der Waals surface area contributed by atoms with Gasteiger partial charge >= 0.3 is 0 Å². The Labute approximate surface area is 162 Å². The van der Waals surface area contributed by atoms with Crippen LogP contribution in [0.1, 0.15) is 33.8 Å². The second kappa shape index (κ2) is 9.73. The first-order valence-electron chi connectivity index (χ1n) is 8.88. The van der Waals surface area contributed by atoms with Gasteiger partial charge in [0.25, 0.3) is 5.91 Å². The number of rotatable bonds is 9. The van der Waals surface area contributed by atoms with Gasteiger partial charge in [-0.05, 0) is 42.1 Å². The summed E-state index contributed by atoms with van der Waals surface area (Å²) in [5.74, 6) is 0.695. The van der Waals surface area contributed by atoms with Crippen LogP contribution in [-0.2, 0) is 17.9 Å². The van der Waals surface area contributed by atoms with Crippen LogP contribution in [0.15, 0.2) is 70.7 Å². The zero-order valence-electron chi connectivity index (χ0n) is 15.0. The standard InChI is InChI=1S/C21H22N2O3S/c24-20(11-4-12-22-21(25)17-7-2-1-3-8-17)23(15-18-9-5-13-26-18)16-19-10-6-14-27-19/h1-3,5-10,13-14H,4,11-12,15-16H2,(H,22,25). The Hall–Kier alpha value is -2.86. The van der Waals surface area contributed by atoms with E-state index in [4.69, 9.17) is 4.42 Å². The van der Waals surface area contributed by atoms with Crippen molar-refractivity contribution in [2.45, 2.75) is 25.9 Å². The number of nitrogens with one attached hydrogen (secondary N) is 1. The topological polar surface area (TPSA) is 62.6 Å². The maximum atomic E-state index is 12.7. The first-order valence-corrected chi connectivity index (χ1v) is 9.76. The molecule has 27 heavy (non-hydrogen) atoms. The van der Waals surface area contributed by atoms with Crippen molar-refractivity contribution in [3.8, 4) is 0 Å². The lowest BCUT2D eigenvalue weighted by atomic mass is 10.2. The molecule has 2 amide bonds. The van der Waals surface area contributed by atoms with Gasteiger partial charge in [-0.15, -0.1) is 11.3 Å². The zero-order valence-corrected chi connectivity index (χ0v) is 15.8. The number of thiophene rings is 1. The fourth-order valence-electron chi connectivity index (χ4n) is 2.70. The molecule has 140 valence electrons. The lowest BCUT2D eigenvalue weighted by molar-refractivity contribution is -0.132. The van der Waals surface area contributed by atoms with E-state index >= 15 is 0 Å². The molecule has 2 aromatic heterocycles. The molecule has 1 aromatic carbocycles. The van der Waals surface area contributed by atoms with Crippen LogP contribution in [0.25, 0.3) is 0 Å². The first kappa shape index (κ1) is 18.9. The van der Waals surface area contributed by atoms with Crippen LogP contribution in [0.5, 0.6) is 0 Å². The maximum Gasteiger partial charge on any atom is 0.251 e. The van der Waals surface area contributed by atoms with Gasteiger partial charge in [-0.25, -0.2) is 0 Å². The number of amides is 2. The van der Waals surface area contributed by atoms with Gasteiger partial charge in [-0.3, -0.25) is 9.59 Å². The average Bonchev–Trinajstić information content (AvgIpc) is 3.39. The molecule has 0 atom stereocenters. The summed E-state index contributed by atoms with van der Waals surface area (Å²) in [6, 6.07) is 16.8. The molecule has 0 bridgehead atoms. The summed E-state index contributed by atoms with van der Waals surface area (Å²) >= 11 is 1.63. The normalized spacial score (nSPS) is 10.5. The summed E-state index contributed by atoms with van der Waals surface area (Å²) in [4.78, 5) is 27.6. The van der Waals surface area contributed by atoms with E-state index in [1.54, 1.807) is 34.6 Å². The minimum Gasteiger partial charge on any atom is -0.467 e. The smallest absolute Gasteiger partial charge is 0.251 e. The van der Waals surface area contributed by atoms with Crippen LogP contribution in [0.3, 0.4) is 0 Å². The number of nitrogens with zero attached hydrogens (tertiary/aromatic N) is 1. The highest BCUT2D eigenvalue weighted by Gasteiger charge is 2.16. The number of carbonyl (C=O) groups excluding carboxylic acids is 2. The Bertz CT molecular complexity index is 793. The molecule has 6 heteroatoms. The van der Waals surface area contributed by atoms with E-state index in [2.05, 4.69) is 5.32 Å². The van der Waals surface area contributed by atoms with Gasteiger partial charge in [0.1, 0.15) is 5.76 Å². The predicted octanol–water partition coefficient (Wildman–Crippen LogP) is 4.08. The van der Waals surface area contributed by atoms with E-state index in [0.29, 0.717) is 38.0 Å². The van der Waals surface area contributed by atoms with E-state index in [1.165, 1.54) is 0 Å². The molecule has 0 spiro atoms. The van der Waals surface area contributed by atoms with Gasteiger partial charge in [-0.1, -0.05) is 24.3 Å². The Kier molecular flexibility index (Phi) is 6.82. The van der Waals surface area contributed by atoms with Crippen molar-refractivity contribution >= 4 is 23.2 Å². The third-order valence-electron chi connectivity index (χ3n) is 4.10. The van der Waals surface area contributed by atoms with Crippen LogP contribution < -0.4 is 5.32 Å². The van der Waals surface area contributed by atoms with Crippen LogP contribution in [-0.4, -0.2) is 23.3 Å². The minimum atomic E-state index is -0.117. The monoisotopic (exact) mass is 382 g/mol. The molecule has 2 heterocycles. The Morgan fingerprint density at radius 3 is 2.56 bits per heavy atom. The minimum absolute atomic E-state index is 0.0498. The fraction of sp³-hybridized carbons (Fsp3) is 0.238. The molecule has 0 aliphatic carbocycles. The fourth-order valence-corrected chi connectivity index (χ4v) is 3.42. The van der Waals surface area contributed by atoms with Gasteiger partial charge in [-0.2, -0.15) is 0 Å². The molecule has 3 rings (SSSR count). The highest BCUT2D eigenvalue weighted by Crippen LogP contribution is 2.16. The zero-order chi connectivity index (χ0) is 18.9. The highest BCUT2D eigenvalue weighted by molar-refractivity contribution is 7.09. The average molecular weight is 382 g/mol. The second-order valence-electron chi connectivity index (χ2n) is 6.13. The molecule has 1 N–H and O–H groups in total. The number of carbonyl (C=O) groups is 2. The van der Waals surface area contributed by atoms with E-state index in [0.717, 1.165) is 10.6 Å². The number of hydrogen-bond donors (Lipinski definition) is 1. The van der Waals surface area contributed by atoms with Crippen LogP contribution in [0.4, 0.5) is 0 Å². The van der Waals surface area contributed by atoms with Gasteiger partial charge in [0.15, 0.2) is 0 Å². The van der Waals surface area contributed by atoms with Crippen molar-refractivity contribution in [3.05, 3.63) is 82.4 Å². The maximum absolute atomic E-state index is 12.7. The molecule has 0 aliphatic rings. The largest absolute Gasteiger partial charge is 0.467 e. The molecule has 0 unspecified atom stereocenters. The molecule has 0 saturated heterocycles. The molecule has 0 saturated carbocycles. The Morgan fingerprint density at radius 1 is 1.00 bits per heavy atom. The molecule has 0 aliphatic heterocycles. The van der Waals surface area contributed by atoms with Gasteiger partial charge in [0.05, 0.1) is 19.4 Å². The van der Waals surface area contributed by atoms with Gasteiger partial charge in [0.2, 0.25) is 5.91 Å². The number of benzene rings is 1. The van der Waals surface area contributed by atoms with E-state index in [-0.39, 0.29) is 11.8 Å².